The highest BCUT2D eigenvalue weighted by Gasteiger charge is 2.29. The van der Waals surface area contributed by atoms with Crippen molar-refractivity contribution in [2.45, 2.75) is 26.2 Å². The smallest absolute Gasteiger partial charge is 0.373 e. The van der Waals surface area contributed by atoms with E-state index in [-0.39, 0.29) is 30.2 Å². The highest BCUT2D eigenvalue weighted by molar-refractivity contribution is 5.91. The van der Waals surface area contributed by atoms with Crippen LogP contribution in [0, 0.1) is 18.8 Å². The SMILES string of the molecule is C=Cc1ccccc1.COC(=O)/C=C/C=C/C(=O)OC.COC(=O)C1C=CC(C)C(c2ccccc2)C1.COC(=O)c1ccc(C)c(-c2ccccc2)c1.O=C=O.O=C=O. The lowest BCUT2D eigenvalue weighted by molar-refractivity contribution is -0.193. The summed E-state index contributed by atoms with van der Waals surface area (Å²) < 4.78 is 18.2. The fraction of sp³-hybridized carbons (Fsp3) is 0.208. The zero-order valence-corrected chi connectivity index (χ0v) is 34.5. The number of esters is 4. The molecule has 0 bridgehead atoms. The highest BCUT2D eigenvalue weighted by atomic mass is 16.5. The maximum absolute atomic E-state index is 11.6. The largest absolute Gasteiger partial charge is 0.469 e. The Kier molecular flexibility index (Phi) is 28.5. The lowest BCUT2D eigenvalue weighted by atomic mass is 9.76. The predicted octanol–water partition coefficient (Wildman–Crippen LogP) is 8.21. The fourth-order valence-corrected chi connectivity index (χ4v) is 5.27. The Bertz CT molecular complexity index is 2000. The number of methoxy groups -OCH3 is 4. The van der Waals surface area contributed by atoms with Gasteiger partial charge in [0, 0.05) is 12.2 Å². The van der Waals surface area contributed by atoms with E-state index < -0.39 is 11.9 Å². The number of hydrogen-bond acceptors (Lipinski definition) is 12. The molecule has 3 atom stereocenters. The number of allylic oxidation sites excluding steroid dienone is 3. The standard InChI is InChI=1S/C15H18O2.C15H14O2.C8H10O4.C8H8.2CO2/c2*1-11-8-9-13(15(16)17-2)10-14(11)12-6-4-3-5-7-12;1-11-7(9)5-3-4-6-8(10)12-2;1-2-8-6-4-3-5-7-8;2*2-1-3/h3-9,11,13-14H,10H2,1-2H3;3-10H,1-2H3;3-6H,1-2H3;2-7H,1H2;;/b;;5-3+,6-4+;;;. The van der Waals surface area contributed by atoms with Gasteiger partial charge in [-0.25, -0.2) is 14.4 Å². The fourth-order valence-electron chi connectivity index (χ4n) is 5.27. The van der Waals surface area contributed by atoms with Gasteiger partial charge in [-0.1, -0.05) is 141 Å². The third-order valence-electron chi connectivity index (χ3n) is 8.28. The van der Waals surface area contributed by atoms with Crippen LogP contribution in [0.25, 0.3) is 17.2 Å². The molecule has 3 unspecified atom stereocenters. The maximum Gasteiger partial charge on any atom is 0.373 e. The molecule has 0 amide bonds. The normalized spacial score (nSPS) is 14.2. The molecule has 0 spiro atoms. The molecule has 0 fully saturated rings. The number of rotatable bonds is 8. The van der Waals surface area contributed by atoms with Crippen LogP contribution in [0.4, 0.5) is 0 Å². The van der Waals surface area contributed by atoms with Gasteiger partial charge in [0.05, 0.1) is 39.9 Å². The van der Waals surface area contributed by atoms with Gasteiger partial charge in [-0.15, -0.1) is 0 Å². The van der Waals surface area contributed by atoms with Crippen LogP contribution in [0.1, 0.15) is 46.3 Å². The Morgan fingerprint density at radius 1 is 0.650 bits per heavy atom. The van der Waals surface area contributed by atoms with Crippen LogP contribution >= 0.6 is 0 Å². The minimum Gasteiger partial charge on any atom is -0.469 e. The number of ether oxygens (including phenoxy) is 4. The Labute approximate surface area is 350 Å². The molecule has 1 aliphatic rings. The van der Waals surface area contributed by atoms with Gasteiger partial charge >= 0.3 is 36.2 Å². The van der Waals surface area contributed by atoms with Gasteiger partial charge in [-0.3, -0.25) is 4.79 Å². The molecule has 0 saturated heterocycles. The van der Waals surface area contributed by atoms with Gasteiger partial charge in [-0.2, -0.15) is 19.2 Å². The van der Waals surface area contributed by atoms with Gasteiger partial charge in [0.15, 0.2) is 0 Å². The van der Waals surface area contributed by atoms with E-state index in [1.165, 1.54) is 63.9 Å². The Morgan fingerprint density at radius 2 is 1.13 bits per heavy atom. The molecule has 1 aliphatic carbocycles. The third-order valence-corrected chi connectivity index (χ3v) is 8.28. The molecule has 12 nitrogen and oxygen atoms in total. The quantitative estimate of drug-likeness (QED) is 0.0549. The second-order valence-electron chi connectivity index (χ2n) is 12.1. The summed E-state index contributed by atoms with van der Waals surface area (Å²) in [5.41, 5.74) is 6.37. The molecule has 0 N–H and O–H groups in total. The zero-order valence-electron chi connectivity index (χ0n) is 34.5. The highest BCUT2D eigenvalue weighted by Crippen LogP contribution is 2.36. The Balaban J connectivity index is 0.000000761. The van der Waals surface area contributed by atoms with Crippen molar-refractivity contribution in [3.05, 3.63) is 174 Å². The molecule has 5 rings (SSSR count). The van der Waals surface area contributed by atoms with E-state index in [0.717, 1.165) is 23.1 Å². The lowest BCUT2D eigenvalue weighted by Crippen LogP contribution is -2.23. The topological polar surface area (TPSA) is 173 Å². The molecular weight excluding hydrogens is 769 g/mol. The van der Waals surface area contributed by atoms with E-state index in [1.54, 1.807) is 6.07 Å². The molecule has 4 aromatic rings. The van der Waals surface area contributed by atoms with Gasteiger partial charge < -0.3 is 18.9 Å². The molecule has 12 heteroatoms. The minimum atomic E-state index is -0.468. The van der Waals surface area contributed by atoms with Crippen LogP contribution in [-0.4, -0.2) is 64.6 Å². The van der Waals surface area contributed by atoms with Crippen molar-refractivity contribution in [3.8, 4) is 11.1 Å². The average molecular weight is 819 g/mol. The van der Waals surface area contributed by atoms with Crippen molar-refractivity contribution in [2.75, 3.05) is 28.4 Å². The van der Waals surface area contributed by atoms with Crippen molar-refractivity contribution in [1.29, 1.82) is 0 Å². The van der Waals surface area contributed by atoms with E-state index >= 15 is 0 Å². The molecule has 0 aliphatic heterocycles. The Morgan fingerprint density at radius 3 is 1.57 bits per heavy atom. The third kappa shape index (κ3) is 21.7. The van der Waals surface area contributed by atoms with Crippen molar-refractivity contribution in [1.82, 2.24) is 0 Å². The second kappa shape index (κ2) is 32.6. The number of aryl methyl sites for hydroxylation is 1. The number of benzene rings is 4. The zero-order chi connectivity index (χ0) is 45.1. The molecule has 0 saturated carbocycles. The number of hydrogen-bond donors (Lipinski definition) is 0. The van der Waals surface area contributed by atoms with Gasteiger partial charge in [0.1, 0.15) is 0 Å². The summed E-state index contributed by atoms with van der Waals surface area (Å²) in [6, 6.07) is 36.0. The second-order valence-corrected chi connectivity index (χ2v) is 12.1. The summed E-state index contributed by atoms with van der Waals surface area (Å²) >= 11 is 0. The van der Waals surface area contributed by atoms with E-state index in [0.29, 0.717) is 17.4 Å². The maximum atomic E-state index is 11.6. The van der Waals surface area contributed by atoms with E-state index in [9.17, 15) is 19.2 Å². The first-order chi connectivity index (χ1) is 28.9. The first-order valence-corrected chi connectivity index (χ1v) is 18.1. The summed E-state index contributed by atoms with van der Waals surface area (Å²) in [7, 11) is 5.39. The van der Waals surface area contributed by atoms with Crippen LogP contribution in [0.3, 0.4) is 0 Å². The van der Waals surface area contributed by atoms with Gasteiger partial charge in [0.2, 0.25) is 0 Å². The summed E-state index contributed by atoms with van der Waals surface area (Å²) in [5, 5.41) is 0. The van der Waals surface area contributed by atoms with Crippen molar-refractivity contribution in [2.24, 2.45) is 11.8 Å². The molecule has 0 aromatic heterocycles. The van der Waals surface area contributed by atoms with Crippen LogP contribution in [0.2, 0.25) is 0 Å². The van der Waals surface area contributed by atoms with Crippen LogP contribution in [-0.2, 0) is 52.5 Å². The summed E-state index contributed by atoms with van der Waals surface area (Å²) in [6.45, 7) is 7.86. The summed E-state index contributed by atoms with van der Waals surface area (Å²) in [6.07, 6.45) is 12.5. The first-order valence-electron chi connectivity index (χ1n) is 18.1. The summed E-state index contributed by atoms with van der Waals surface area (Å²) in [5.74, 6) is -0.588. The monoisotopic (exact) mass is 818 g/mol. The molecule has 0 heterocycles. The van der Waals surface area contributed by atoms with Gasteiger partial charge in [-0.05, 0) is 65.1 Å². The molecule has 60 heavy (non-hydrogen) atoms. The number of carbonyl (C=O) groups is 4. The summed E-state index contributed by atoms with van der Waals surface area (Å²) in [4.78, 5) is 76.5. The lowest BCUT2D eigenvalue weighted by Gasteiger charge is -2.28. The van der Waals surface area contributed by atoms with E-state index in [4.69, 9.17) is 28.7 Å². The minimum absolute atomic E-state index is 0.0959. The molecule has 4 aromatic carbocycles. The molecule has 0 radical (unpaired) electrons. The number of carbonyl (C=O) groups excluding carboxylic acids is 8. The van der Waals surface area contributed by atoms with Crippen molar-refractivity contribution >= 4 is 42.3 Å². The average Bonchev–Trinajstić information content (AvgIpc) is 3.29. The van der Waals surface area contributed by atoms with Crippen molar-refractivity contribution in [3.63, 3.8) is 0 Å². The Hall–Kier alpha value is -7.52. The van der Waals surface area contributed by atoms with Crippen molar-refractivity contribution < 1.29 is 57.3 Å². The molecule has 314 valence electrons. The first kappa shape index (κ1) is 52.5. The van der Waals surface area contributed by atoms with E-state index in [1.807, 2.05) is 110 Å². The predicted molar refractivity (Wildman–Crippen MR) is 224 cm³/mol. The van der Waals surface area contributed by atoms with Crippen LogP contribution in [0.5, 0.6) is 0 Å². The van der Waals surface area contributed by atoms with E-state index in [2.05, 4.69) is 41.2 Å². The van der Waals surface area contributed by atoms with Crippen LogP contribution in [0.15, 0.2) is 152 Å². The molecular formula is C48H50O12. The van der Waals surface area contributed by atoms with Gasteiger partial charge in [0.25, 0.3) is 0 Å². The van der Waals surface area contributed by atoms with Crippen LogP contribution < -0.4 is 0 Å².